The molecule has 0 aliphatic heterocycles. The van der Waals surface area contributed by atoms with Crippen LogP contribution in [0.2, 0.25) is 0 Å². The third-order valence-electron chi connectivity index (χ3n) is 1.15. The van der Waals surface area contributed by atoms with Gasteiger partial charge in [-0.3, -0.25) is 0 Å². The van der Waals surface area contributed by atoms with E-state index in [0.29, 0.717) is 12.0 Å². The lowest BCUT2D eigenvalue weighted by Gasteiger charge is -2.00. The molecule has 0 radical (unpaired) electrons. The molecule has 14 heavy (non-hydrogen) atoms. The van der Waals surface area contributed by atoms with Crippen LogP contribution in [-0.4, -0.2) is 18.7 Å². The van der Waals surface area contributed by atoms with Gasteiger partial charge >= 0.3 is 12.1 Å². The molecular formula is C9H13NO4. The van der Waals surface area contributed by atoms with E-state index in [9.17, 15) is 9.59 Å². The van der Waals surface area contributed by atoms with Crippen molar-refractivity contribution < 1.29 is 19.1 Å². The molecule has 0 aliphatic carbocycles. The van der Waals surface area contributed by atoms with Gasteiger partial charge < -0.3 is 15.2 Å². The minimum Gasteiger partial charge on any atom is -0.462 e. The molecule has 0 spiro atoms. The van der Waals surface area contributed by atoms with Gasteiger partial charge in [-0.15, -0.1) is 0 Å². The van der Waals surface area contributed by atoms with Crippen molar-refractivity contribution in [2.75, 3.05) is 6.61 Å². The van der Waals surface area contributed by atoms with Crippen LogP contribution >= 0.6 is 0 Å². The zero-order chi connectivity index (χ0) is 11.0. The molecule has 1 amide bonds. The fourth-order valence-corrected chi connectivity index (χ4v) is 0.526. The smallest absolute Gasteiger partial charge is 0.409 e. The Morgan fingerprint density at radius 3 is 2.64 bits per heavy atom. The first-order valence-electron chi connectivity index (χ1n) is 3.97. The van der Waals surface area contributed by atoms with Crippen molar-refractivity contribution in [3.8, 4) is 0 Å². The lowest BCUT2D eigenvalue weighted by molar-refractivity contribution is -0.138. The largest absolute Gasteiger partial charge is 0.462 e. The van der Waals surface area contributed by atoms with Crippen LogP contribution < -0.4 is 5.73 Å². The minimum absolute atomic E-state index is 0.213. The van der Waals surface area contributed by atoms with Gasteiger partial charge in [0.1, 0.15) is 0 Å². The molecule has 0 heterocycles. The van der Waals surface area contributed by atoms with E-state index >= 15 is 0 Å². The van der Waals surface area contributed by atoms with Gasteiger partial charge in [-0.05, 0) is 13.0 Å². The summed E-state index contributed by atoms with van der Waals surface area (Å²) in [4.78, 5) is 20.9. The van der Waals surface area contributed by atoms with E-state index < -0.39 is 12.1 Å². The normalized spacial score (nSPS) is 9.79. The second-order valence-electron chi connectivity index (χ2n) is 2.51. The topological polar surface area (TPSA) is 78.6 Å². The predicted octanol–water partition coefficient (Wildman–Crippen LogP) is 1.10. The summed E-state index contributed by atoms with van der Waals surface area (Å²) < 4.78 is 9.05. The highest BCUT2D eigenvalue weighted by Gasteiger charge is 2.00. The summed E-state index contributed by atoms with van der Waals surface area (Å²) in [6.07, 6.45) is 2.25. The Morgan fingerprint density at radius 1 is 1.50 bits per heavy atom. The highest BCUT2D eigenvalue weighted by atomic mass is 16.5. The molecule has 0 aliphatic rings. The Bertz CT molecular complexity index is 258. The number of ether oxygens (including phenoxy) is 2. The fraction of sp³-hybridized carbons (Fsp3) is 0.333. The van der Waals surface area contributed by atoms with Crippen molar-refractivity contribution >= 4 is 12.1 Å². The summed E-state index contributed by atoms with van der Waals surface area (Å²) >= 11 is 0. The van der Waals surface area contributed by atoms with Crippen molar-refractivity contribution in [1.29, 1.82) is 0 Å². The van der Waals surface area contributed by atoms with E-state index in [1.54, 1.807) is 6.92 Å². The van der Waals surface area contributed by atoms with Gasteiger partial charge in [0.15, 0.2) is 0 Å². The summed E-state index contributed by atoms with van der Waals surface area (Å²) in [5.74, 6) is -0.436. The van der Waals surface area contributed by atoms with Crippen LogP contribution in [0.3, 0.4) is 0 Å². The SMILES string of the molecule is C=C(C)C(=O)OCCC=COC(N)=O. The number of rotatable bonds is 5. The maximum Gasteiger partial charge on any atom is 0.409 e. The molecule has 0 fully saturated rings. The Morgan fingerprint density at radius 2 is 2.14 bits per heavy atom. The molecule has 0 saturated heterocycles. The second-order valence-corrected chi connectivity index (χ2v) is 2.51. The molecule has 0 atom stereocenters. The van der Waals surface area contributed by atoms with E-state index in [0.717, 1.165) is 6.26 Å². The number of amides is 1. The Kier molecular flexibility index (Phi) is 5.85. The van der Waals surface area contributed by atoms with Crippen LogP contribution in [0.15, 0.2) is 24.5 Å². The third-order valence-corrected chi connectivity index (χ3v) is 1.15. The maximum atomic E-state index is 10.8. The Balaban J connectivity index is 3.47. The van der Waals surface area contributed by atoms with Crippen LogP contribution in [-0.2, 0) is 14.3 Å². The first kappa shape index (κ1) is 12.2. The summed E-state index contributed by atoms with van der Waals surface area (Å²) in [5.41, 5.74) is 5.04. The van der Waals surface area contributed by atoms with E-state index in [2.05, 4.69) is 17.0 Å². The predicted molar refractivity (Wildman–Crippen MR) is 50.2 cm³/mol. The fourth-order valence-electron chi connectivity index (χ4n) is 0.526. The molecule has 2 N–H and O–H groups in total. The van der Waals surface area contributed by atoms with Gasteiger partial charge in [0.2, 0.25) is 0 Å². The molecule has 5 nitrogen and oxygen atoms in total. The highest BCUT2D eigenvalue weighted by Crippen LogP contribution is 1.94. The van der Waals surface area contributed by atoms with Crippen LogP contribution in [0.25, 0.3) is 0 Å². The lowest BCUT2D eigenvalue weighted by atomic mass is 10.3. The number of carbonyl (C=O) groups is 2. The number of hydrogen-bond acceptors (Lipinski definition) is 4. The highest BCUT2D eigenvalue weighted by molar-refractivity contribution is 5.86. The number of hydrogen-bond donors (Lipinski definition) is 1. The van der Waals surface area contributed by atoms with E-state index in [4.69, 9.17) is 4.74 Å². The third kappa shape index (κ3) is 6.90. The molecule has 0 saturated carbocycles. The van der Waals surface area contributed by atoms with Crippen LogP contribution in [0.5, 0.6) is 0 Å². The summed E-state index contributed by atoms with van der Waals surface area (Å²) in [5, 5.41) is 0. The Labute approximate surface area is 82.2 Å². The first-order valence-corrected chi connectivity index (χ1v) is 3.97. The zero-order valence-electron chi connectivity index (χ0n) is 7.99. The molecule has 78 valence electrons. The number of primary amides is 1. The monoisotopic (exact) mass is 199 g/mol. The summed E-state index contributed by atoms with van der Waals surface area (Å²) in [6.45, 7) is 5.19. The van der Waals surface area contributed by atoms with Crippen LogP contribution in [0.4, 0.5) is 4.79 Å². The zero-order valence-corrected chi connectivity index (χ0v) is 7.99. The standard InChI is InChI=1S/C9H13NO4/c1-7(2)8(11)13-5-3-4-6-14-9(10)12/h4,6H,1,3,5H2,2H3,(H2,10,12). The number of nitrogens with two attached hydrogens (primary N) is 1. The van der Waals surface area contributed by atoms with Gasteiger partial charge in [-0.1, -0.05) is 6.58 Å². The van der Waals surface area contributed by atoms with E-state index in [1.807, 2.05) is 0 Å². The molecule has 0 aromatic rings. The van der Waals surface area contributed by atoms with Crippen molar-refractivity contribution in [3.63, 3.8) is 0 Å². The van der Waals surface area contributed by atoms with Gasteiger partial charge in [0, 0.05) is 12.0 Å². The van der Waals surface area contributed by atoms with Crippen molar-refractivity contribution in [2.45, 2.75) is 13.3 Å². The quantitative estimate of drug-likeness (QED) is 0.311. The van der Waals surface area contributed by atoms with Gasteiger partial charge in [-0.2, -0.15) is 0 Å². The van der Waals surface area contributed by atoms with Gasteiger partial charge in [0.05, 0.1) is 12.9 Å². The van der Waals surface area contributed by atoms with Gasteiger partial charge in [0.25, 0.3) is 0 Å². The first-order chi connectivity index (χ1) is 6.54. The molecule has 0 bridgehead atoms. The average molecular weight is 199 g/mol. The lowest BCUT2D eigenvalue weighted by Crippen LogP contribution is -2.09. The van der Waals surface area contributed by atoms with Crippen LogP contribution in [0.1, 0.15) is 13.3 Å². The van der Waals surface area contributed by atoms with Crippen molar-refractivity contribution in [1.82, 2.24) is 0 Å². The Hall–Kier alpha value is -1.78. The summed E-state index contributed by atoms with van der Waals surface area (Å²) in [6, 6.07) is 0. The molecule has 5 heteroatoms. The second kappa shape index (κ2) is 6.71. The van der Waals surface area contributed by atoms with Crippen molar-refractivity contribution in [2.24, 2.45) is 5.73 Å². The number of esters is 1. The maximum absolute atomic E-state index is 10.8. The molecule has 0 unspecified atom stereocenters. The van der Waals surface area contributed by atoms with Crippen molar-refractivity contribution in [3.05, 3.63) is 24.5 Å². The van der Waals surface area contributed by atoms with E-state index in [1.165, 1.54) is 6.08 Å². The minimum atomic E-state index is -0.875. The van der Waals surface area contributed by atoms with E-state index in [-0.39, 0.29) is 6.61 Å². The molecule has 0 aromatic heterocycles. The van der Waals surface area contributed by atoms with Crippen LogP contribution in [0, 0.1) is 0 Å². The molecule has 0 aromatic carbocycles. The molecule has 0 rings (SSSR count). The average Bonchev–Trinajstić information content (AvgIpc) is 2.09. The van der Waals surface area contributed by atoms with Gasteiger partial charge in [-0.25, -0.2) is 9.59 Å². The number of carbonyl (C=O) groups excluding carboxylic acids is 2. The molecular weight excluding hydrogens is 186 g/mol. The summed E-state index contributed by atoms with van der Waals surface area (Å²) in [7, 11) is 0.